The summed E-state index contributed by atoms with van der Waals surface area (Å²) in [5, 5.41) is 7.03. The molecule has 0 saturated carbocycles. The molecular formula is C16H26N4O2S. The predicted molar refractivity (Wildman–Crippen MR) is 92.4 cm³/mol. The van der Waals surface area contributed by atoms with Gasteiger partial charge in [-0.25, -0.2) is 4.79 Å². The lowest BCUT2D eigenvalue weighted by Gasteiger charge is -2.32. The van der Waals surface area contributed by atoms with Crippen LogP contribution in [0.3, 0.4) is 0 Å². The van der Waals surface area contributed by atoms with Crippen molar-refractivity contribution in [1.82, 2.24) is 20.4 Å². The second-order valence-corrected chi connectivity index (χ2v) is 7.31. The van der Waals surface area contributed by atoms with E-state index in [4.69, 9.17) is 0 Å². The zero-order valence-corrected chi connectivity index (χ0v) is 14.7. The summed E-state index contributed by atoms with van der Waals surface area (Å²) >= 11 is 1.57. The molecule has 6 nitrogen and oxygen atoms in total. The largest absolute Gasteiger partial charge is 0.333 e. The van der Waals surface area contributed by atoms with Gasteiger partial charge in [0.25, 0.3) is 0 Å². The molecule has 1 aliphatic rings. The highest BCUT2D eigenvalue weighted by Crippen LogP contribution is 2.15. The number of hydrogen-bond acceptors (Lipinski definition) is 5. The molecule has 1 aromatic heterocycles. The Labute approximate surface area is 141 Å². The molecule has 0 bridgehead atoms. The van der Waals surface area contributed by atoms with E-state index >= 15 is 0 Å². The van der Waals surface area contributed by atoms with E-state index in [1.807, 2.05) is 29.5 Å². The van der Waals surface area contributed by atoms with Crippen LogP contribution in [0, 0.1) is 5.92 Å². The maximum Gasteiger partial charge on any atom is 0.321 e. The van der Waals surface area contributed by atoms with Crippen molar-refractivity contribution in [3.05, 3.63) is 22.4 Å². The van der Waals surface area contributed by atoms with Crippen LogP contribution in [0.4, 0.5) is 4.79 Å². The topological polar surface area (TPSA) is 64.7 Å². The summed E-state index contributed by atoms with van der Waals surface area (Å²) < 4.78 is 0. The van der Waals surface area contributed by atoms with Crippen molar-refractivity contribution < 1.29 is 9.59 Å². The van der Waals surface area contributed by atoms with E-state index < -0.39 is 6.03 Å². The molecule has 2 rings (SSSR count). The molecule has 1 unspecified atom stereocenters. The number of urea groups is 1. The van der Waals surface area contributed by atoms with Crippen LogP contribution < -0.4 is 10.6 Å². The summed E-state index contributed by atoms with van der Waals surface area (Å²) in [5.74, 6) is 0.333. The Bertz CT molecular complexity index is 506. The fraction of sp³-hybridized carbons (Fsp3) is 0.625. The van der Waals surface area contributed by atoms with Crippen LogP contribution in [0.5, 0.6) is 0 Å². The third-order valence-corrected chi connectivity index (χ3v) is 4.84. The van der Waals surface area contributed by atoms with Crippen LogP contribution in [-0.4, -0.2) is 62.0 Å². The highest BCUT2D eigenvalue weighted by Gasteiger charge is 2.20. The van der Waals surface area contributed by atoms with E-state index in [1.165, 1.54) is 12.8 Å². The van der Waals surface area contributed by atoms with Crippen LogP contribution in [0.15, 0.2) is 17.5 Å². The number of nitrogens with one attached hydrogen (secondary N) is 2. The maximum absolute atomic E-state index is 11.9. The van der Waals surface area contributed by atoms with Gasteiger partial charge in [-0.3, -0.25) is 15.0 Å². The number of piperidine rings is 1. The molecule has 2 heterocycles. The molecule has 23 heavy (non-hydrogen) atoms. The Balaban J connectivity index is 1.63. The number of carbonyl (C=O) groups excluding carboxylic acids is 2. The van der Waals surface area contributed by atoms with Gasteiger partial charge >= 0.3 is 6.03 Å². The summed E-state index contributed by atoms with van der Waals surface area (Å²) in [6, 6.07) is 3.44. The third kappa shape index (κ3) is 6.68. The molecule has 1 saturated heterocycles. The molecule has 0 radical (unpaired) electrons. The fourth-order valence-electron chi connectivity index (χ4n) is 2.96. The molecule has 1 atom stereocenters. The van der Waals surface area contributed by atoms with Crippen molar-refractivity contribution in [1.29, 1.82) is 0 Å². The maximum atomic E-state index is 11.9. The SMILES string of the molecule is CN1CCCC(CN(C)CC(=O)NC(=O)NCc2cccs2)C1. The molecule has 128 valence electrons. The lowest BCUT2D eigenvalue weighted by molar-refractivity contribution is -0.121. The third-order valence-electron chi connectivity index (χ3n) is 3.96. The molecule has 3 amide bonds. The zero-order valence-electron chi connectivity index (χ0n) is 13.9. The molecule has 1 fully saturated rings. The minimum Gasteiger partial charge on any atom is -0.333 e. The average molecular weight is 338 g/mol. The standard InChI is InChI=1S/C16H26N4O2S/c1-19-7-3-5-13(10-19)11-20(2)12-15(21)18-16(22)17-9-14-6-4-8-23-14/h4,6,8,13H,3,5,7,9-12H2,1-2H3,(H2,17,18,21,22). The normalized spacial score (nSPS) is 18.8. The monoisotopic (exact) mass is 338 g/mol. The van der Waals surface area contributed by atoms with Gasteiger partial charge in [-0.15, -0.1) is 11.3 Å². The van der Waals surface area contributed by atoms with Gasteiger partial charge in [0.15, 0.2) is 0 Å². The highest BCUT2D eigenvalue weighted by atomic mass is 32.1. The number of rotatable bonds is 6. The molecular weight excluding hydrogens is 312 g/mol. The first-order chi connectivity index (χ1) is 11.0. The van der Waals surface area contributed by atoms with E-state index in [1.54, 1.807) is 11.3 Å². The first-order valence-corrected chi connectivity index (χ1v) is 8.88. The number of likely N-dealkylation sites (tertiary alicyclic amines) is 1. The van der Waals surface area contributed by atoms with Crippen LogP contribution in [0.25, 0.3) is 0 Å². The van der Waals surface area contributed by atoms with Crippen molar-refractivity contribution in [3.63, 3.8) is 0 Å². The first kappa shape index (κ1) is 17.9. The number of imide groups is 1. The Hall–Kier alpha value is -1.44. The molecule has 0 spiro atoms. The van der Waals surface area contributed by atoms with E-state index in [0.717, 1.165) is 24.5 Å². The zero-order chi connectivity index (χ0) is 16.7. The highest BCUT2D eigenvalue weighted by molar-refractivity contribution is 7.09. The predicted octanol–water partition coefficient (Wildman–Crippen LogP) is 1.35. The number of thiophene rings is 1. The van der Waals surface area contributed by atoms with Crippen molar-refractivity contribution in [3.8, 4) is 0 Å². The molecule has 0 aromatic carbocycles. The lowest BCUT2D eigenvalue weighted by atomic mass is 9.98. The van der Waals surface area contributed by atoms with Crippen molar-refractivity contribution in [2.45, 2.75) is 19.4 Å². The Morgan fingerprint density at radius 3 is 3.00 bits per heavy atom. The Morgan fingerprint density at radius 2 is 2.30 bits per heavy atom. The van der Waals surface area contributed by atoms with E-state index in [9.17, 15) is 9.59 Å². The van der Waals surface area contributed by atoms with Gasteiger partial charge < -0.3 is 10.2 Å². The van der Waals surface area contributed by atoms with Gasteiger partial charge in [-0.1, -0.05) is 6.07 Å². The lowest BCUT2D eigenvalue weighted by Crippen LogP contribution is -2.45. The van der Waals surface area contributed by atoms with E-state index in [0.29, 0.717) is 12.5 Å². The smallest absolute Gasteiger partial charge is 0.321 e. The number of hydrogen-bond donors (Lipinski definition) is 2. The average Bonchev–Trinajstić information content (AvgIpc) is 2.98. The first-order valence-electron chi connectivity index (χ1n) is 8.00. The van der Waals surface area contributed by atoms with E-state index in [2.05, 4.69) is 22.6 Å². The Kier molecular flexibility index (Phi) is 7.01. The van der Waals surface area contributed by atoms with Crippen LogP contribution in [-0.2, 0) is 11.3 Å². The Morgan fingerprint density at radius 1 is 1.48 bits per heavy atom. The summed E-state index contributed by atoms with van der Waals surface area (Å²) in [6.07, 6.45) is 2.42. The minimum atomic E-state index is -0.436. The number of carbonyl (C=O) groups is 2. The molecule has 1 aliphatic heterocycles. The van der Waals surface area contributed by atoms with Crippen LogP contribution in [0.2, 0.25) is 0 Å². The van der Waals surface area contributed by atoms with Gasteiger partial charge in [-0.05, 0) is 50.8 Å². The molecule has 0 aliphatic carbocycles. The van der Waals surface area contributed by atoms with Crippen molar-refractivity contribution >= 4 is 23.3 Å². The van der Waals surface area contributed by atoms with Gasteiger partial charge in [0.1, 0.15) is 0 Å². The summed E-state index contributed by atoms with van der Waals surface area (Å²) in [4.78, 5) is 29.0. The van der Waals surface area contributed by atoms with Crippen LogP contribution in [0.1, 0.15) is 17.7 Å². The van der Waals surface area contributed by atoms with Gasteiger partial charge in [-0.2, -0.15) is 0 Å². The van der Waals surface area contributed by atoms with Gasteiger partial charge in [0.05, 0.1) is 13.1 Å². The van der Waals surface area contributed by atoms with E-state index in [-0.39, 0.29) is 12.5 Å². The quantitative estimate of drug-likeness (QED) is 0.822. The van der Waals surface area contributed by atoms with Gasteiger partial charge in [0, 0.05) is 18.0 Å². The van der Waals surface area contributed by atoms with Crippen molar-refractivity contribution in [2.24, 2.45) is 5.92 Å². The molecule has 7 heteroatoms. The molecule has 1 aromatic rings. The summed E-state index contributed by atoms with van der Waals surface area (Å²) in [6.45, 7) is 3.81. The summed E-state index contributed by atoms with van der Waals surface area (Å²) in [7, 11) is 4.06. The molecule has 2 N–H and O–H groups in total. The number of likely N-dealkylation sites (N-methyl/N-ethyl adjacent to an activating group) is 1. The second-order valence-electron chi connectivity index (χ2n) is 6.28. The minimum absolute atomic E-state index is 0.243. The van der Waals surface area contributed by atoms with Gasteiger partial charge in [0.2, 0.25) is 5.91 Å². The van der Waals surface area contributed by atoms with Crippen LogP contribution >= 0.6 is 11.3 Å². The summed E-state index contributed by atoms with van der Waals surface area (Å²) in [5.41, 5.74) is 0. The van der Waals surface area contributed by atoms with Crippen molar-refractivity contribution in [2.75, 3.05) is 40.3 Å². The second kappa shape index (κ2) is 9.00. The number of nitrogens with zero attached hydrogens (tertiary/aromatic N) is 2. The fourth-order valence-corrected chi connectivity index (χ4v) is 3.61. The number of amides is 3.